The molecule has 11 heteroatoms. The predicted octanol–water partition coefficient (Wildman–Crippen LogP) is 5.50. The van der Waals surface area contributed by atoms with Crippen LogP contribution in [0.2, 0.25) is 0 Å². The third-order valence-electron chi connectivity index (χ3n) is 9.28. The average molecular weight is 596 g/mol. The van der Waals surface area contributed by atoms with E-state index < -0.39 is 29.2 Å². The van der Waals surface area contributed by atoms with Crippen LogP contribution in [0.4, 0.5) is 23.4 Å². The first-order chi connectivity index (χ1) is 20.7. The molecule has 4 aliphatic rings. The maximum Gasteiger partial charge on any atom is 0.319 e. The fourth-order valence-electron chi connectivity index (χ4n) is 7.08. The second-order valence-electron chi connectivity index (χ2n) is 12.0. The topological polar surface area (TPSA) is 73.8 Å². The molecular weight excluding hydrogens is 562 g/mol. The average Bonchev–Trinajstić information content (AvgIpc) is 3.32. The van der Waals surface area contributed by atoms with Crippen LogP contribution in [0.25, 0.3) is 32.8 Å². The van der Waals surface area contributed by atoms with Gasteiger partial charge in [-0.25, -0.2) is 17.6 Å². The van der Waals surface area contributed by atoms with E-state index in [1.807, 2.05) is 11.9 Å². The summed E-state index contributed by atoms with van der Waals surface area (Å²) in [5, 5.41) is 15.0. The van der Waals surface area contributed by atoms with Crippen LogP contribution in [0.5, 0.6) is 11.8 Å². The van der Waals surface area contributed by atoms with E-state index in [9.17, 15) is 13.9 Å². The number of fused-ring (bicyclic) bond motifs is 5. The molecule has 2 N–H and O–H groups in total. The Morgan fingerprint density at radius 3 is 2.58 bits per heavy atom. The van der Waals surface area contributed by atoms with Crippen LogP contribution in [0, 0.1) is 17.5 Å². The van der Waals surface area contributed by atoms with E-state index in [1.165, 1.54) is 30.3 Å². The van der Waals surface area contributed by atoms with Crippen LogP contribution in [0.15, 0.2) is 30.3 Å². The lowest BCUT2D eigenvalue weighted by Gasteiger charge is -2.46. The molecule has 0 spiro atoms. The maximum absolute atomic E-state index is 16.7. The number of alkyl halides is 1. The molecule has 0 saturated carbocycles. The summed E-state index contributed by atoms with van der Waals surface area (Å²) in [6.45, 7) is 3.52. The van der Waals surface area contributed by atoms with E-state index in [0.717, 1.165) is 19.4 Å². The second-order valence-corrected chi connectivity index (χ2v) is 12.0. The van der Waals surface area contributed by atoms with Gasteiger partial charge in [0.1, 0.15) is 41.5 Å². The quantitative estimate of drug-likeness (QED) is 0.286. The molecule has 4 fully saturated rings. The Kier molecular flexibility index (Phi) is 7.04. The Hall–Kier alpha value is -3.70. The number of phenolic OH excluding ortho intramolecular Hbond substituents is 1. The van der Waals surface area contributed by atoms with E-state index in [-0.39, 0.29) is 59.4 Å². The molecule has 226 valence electrons. The number of likely N-dealkylation sites (tertiary alicyclic amines) is 1. The number of benzene rings is 3. The van der Waals surface area contributed by atoms with Crippen molar-refractivity contribution in [1.29, 1.82) is 0 Å². The number of anilines is 1. The Balaban J connectivity index is 1.42. The summed E-state index contributed by atoms with van der Waals surface area (Å²) in [6.07, 6.45) is 1.54. The number of hydrogen-bond acceptors (Lipinski definition) is 7. The fraction of sp³-hybridized carbons (Fsp3) is 0.438. The minimum Gasteiger partial charge on any atom is -0.508 e. The molecule has 0 unspecified atom stereocenters. The van der Waals surface area contributed by atoms with Gasteiger partial charge in [0.25, 0.3) is 0 Å². The van der Waals surface area contributed by atoms with Crippen molar-refractivity contribution in [3.63, 3.8) is 0 Å². The summed E-state index contributed by atoms with van der Waals surface area (Å²) in [4.78, 5) is 13.0. The van der Waals surface area contributed by atoms with Gasteiger partial charge in [-0.2, -0.15) is 9.97 Å². The van der Waals surface area contributed by atoms with Gasteiger partial charge in [0.05, 0.1) is 5.56 Å². The molecule has 0 radical (unpaired) electrons. The van der Waals surface area contributed by atoms with Crippen LogP contribution in [0.1, 0.15) is 31.7 Å². The number of aryl methyl sites for hydroxylation is 1. The first kappa shape index (κ1) is 28.1. The van der Waals surface area contributed by atoms with Gasteiger partial charge in [-0.1, -0.05) is 13.0 Å². The van der Waals surface area contributed by atoms with Gasteiger partial charge >= 0.3 is 6.01 Å². The molecule has 4 saturated heterocycles. The summed E-state index contributed by atoms with van der Waals surface area (Å²) >= 11 is 0. The third kappa shape index (κ3) is 4.82. The third-order valence-corrected chi connectivity index (χ3v) is 9.28. The van der Waals surface area contributed by atoms with Gasteiger partial charge in [0, 0.05) is 43.1 Å². The molecule has 5 heterocycles. The molecule has 3 aromatic carbocycles. The highest BCUT2D eigenvalue weighted by Crippen LogP contribution is 2.42. The Labute approximate surface area is 246 Å². The summed E-state index contributed by atoms with van der Waals surface area (Å²) in [7, 11) is 1.82. The number of piperidine rings is 2. The van der Waals surface area contributed by atoms with E-state index in [2.05, 4.69) is 20.2 Å². The Morgan fingerprint density at radius 2 is 1.91 bits per heavy atom. The van der Waals surface area contributed by atoms with Crippen LogP contribution >= 0.6 is 0 Å². The van der Waals surface area contributed by atoms with Gasteiger partial charge in [0.2, 0.25) is 0 Å². The minimum atomic E-state index is -0.957. The Morgan fingerprint density at radius 1 is 1.07 bits per heavy atom. The van der Waals surface area contributed by atoms with Crippen molar-refractivity contribution in [1.82, 2.24) is 20.2 Å². The van der Waals surface area contributed by atoms with Gasteiger partial charge in [-0.3, -0.25) is 4.90 Å². The highest BCUT2D eigenvalue weighted by atomic mass is 19.1. The number of aromatic nitrogens is 2. The van der Waals surface area contributed by atoms with Crippen LogP contribution in [-0.2, 0) is 6.42 Å². The van der Waals surface area contributed by atoms with E-state index >= 15 is 8.78 Å². The molecule has 2 bridgehead atoms. The van der Waals surface area contributed by atoms with Crippen molar-refractivity contribution >= 4 is 27.5 Å². The molecule has 0 amide bonds. The monoisotopic (exact) mass is 595 g/mol. The van der Waals surface area contributed by atoms with E-state index in [4.69, 9.17) is 4.74 Å². The molecule has 7 nitrogen and oxygen atoms in total. The number of nitrogens with one attached hydrogen (secondary N) is 1. The maximum atomic E-state index is 16.7. The zero-order valence-electron chi connectivity index (χ0n) is 24.0. The van der Waals surface area contributed by atoms with Crippen molar-refractivity contribution in [2.75, 3.05) is 38.2 Å². The summed E-state index contributed by atoms with van der Waals surface area (Å²) in [5.41, 5.74) is -0.224. The van der Waals surface area contributed by atoms with Crippen LogP contribution < -0.4 is 15.0 Å². The fourth-order valence-corrected chi connectivity index (χ4v) is 7.08. The van der Waals surface area contributed by atoms with Crippen molar-refractivity contribution < 1.29 is 27.4 Å². The number of halogens is 4. The van der Waals surface area contributed by atoms with Crippen LogP contribution in [0.3, 0.4) is 0 Å². The van der Waals surface area contributed by atoms with Crippen molar-refractivity contribution in [2.24, 2.45) is 0 Å². The predicted molar refractivity (Wildman–Crippen MR) is 157 cm³/mol. The number of piperazine rings is 1. The van der Waals surface area contributed by atoms with Gasteiger partial charge < -0.3 is 20.1 Å². The first-order valence-electron chi connectivity index (χ1n) is 14.8. The number of phenols is 1. The number of ether oxygens (including phenoxy) is 1. The summed E-state index contributed by atoms with van der Waals surface area (Å²) < 4.78 is 67.8. The van der Waals surface area contributed by atoms with Gasteiger partial charge in [-0.15, -0.1) is 0 Å². The largest absolute Gasteiger partial charge is 0.508 e. The van der Waals surface area contributed by atoms with Crippen LogP contribution in [-0.4, -0.2) is 77.6 Å². The van der Waals surface area contributed by atoms with Gasteiger partial charge in [-0.05, 0) is 78.9 Å². The van der Waals surface area contributed by atoms with E-state index in [0.29, 0.717) is 41.7 Å². The zero-order chi connectivity index (χ0) is 30.0. The number of aromatic hydroxyl groups is 1. The van der Waals surface area contributed by atoms with Gasteiger partial charge in [0.15, 0.2) is 5.82 Å². The number of hydrogen-bond donors (Lipinski definition) is 2. The normalized spacial score (nSPS) is 24.0. The molecule has 4 aromatic rings. The molecule has 4 atom stereocenters. The Bertz CT molecular complexity index is 1730. The standard InChI is InChI=1S/C32H33F4N5O2/c1-3-22-25(34)7-4-16-8-21(42)10-23(27(16)22)28-26(35)11-24-30(29(28)36)38-32(43-15-20-9-17(33)13-40(20)2)39-31(24)41-14-18-5-6-19(41)12-37-18/h4,7-8,10-11,17-20,37,42H,3,5-6,9,12-15H2,1-2H3/t17-,18+,19+,20+/m1/s1. The SMILES string of the molecule is CCc1c(F)ccc2cc(O)cc(-c3c(F)cc4c(N5C[C@@H]6CC[C@H]5CN6)nc(OC[C@@H]5C[C@@H](F)CN5C)nc4c3F)c12. The van der Waals surface area contributed by atoms with E-state index in [1.54, 1.807) is 6.92 Å². The molecule has 8 rings (SSSR count). The molecule has 1 aromatic heterocycles. The van der Waals surface area contributed by atoms with Crippen molar-refractivity contribution in [3.05, 3.63) is 53.3 Å². The molecule has 0 aliphatic carbocycles. The van der Waals surface area contributed by atoms with Crippen molar-refractivity contribution in [3.8, 4) is 22.9 Å². The smallest absolute Gasteiger partial charge is 0.319 e. The number of likely N-dealkylation sites (N-methyl/N-ethyl adjacent to an activating group) is 1. The lowest BCUT2D eigenvalue weighted by atomic mass is 9.91. The minimum absolute atomic E-state index is 0.0358. The zero-order valence-corrected chi connectivity index (χ0v) is 24.0. The number of nitrogens with zero attached hydrogens (tertiary/aromatic N) is 4. The first-order valence-corrected chi connectivity index (χ1v) is 14.8. The van der Waals surface area contributed by atoms with Crippen molar-refractivity contribution in [2.45, 2.75) is 56.9 Å². The second kappa shape index (κ2) is 10.8. The lowest BCUT2D eigenvalue weighted by molar-refractivity contribution is 0.188. The molecular formula is C32H33F4N5O2. The summed E-state index contributed by atoms with van der Waals surface area (Å²) in [5.74, 6) is -2.15. The lowest BCUT2D eigenvalue weighted by Crippen LogP contribution is -2.61. The number of rotatable bonds is 6. The highest BCUT2D eigenvalue weighted by molar-refractivity contribution is 6.03. The molecule has 4 aliphatic heterocycles. The molecule has 43 heavy (non-hydrogen) atoms. The summed E-state index contributed by atoms with van der Waals surface area (Å²) in [6, 6.07) is 6.73. The highest BCUT2D eigenvalue weighted by Gasteiger charge is 2.36.